The third-order valence-electron chi connectivity index (χ3n) is 6.10. The zero-order valence-electron chi connectivity index (χ0n) is 19.4. The number of rotatable bonds is 10. The third kappa shape index (κ3) is 6.12. The van der Waals surface area contributed by atoms with Gasteiger partial charge in [0.1, 0.15) is 12.1 Å². The molecule has 2 aromatic rings. The lowest BCUT2D eigenvalue weighted by atomic mass is 9.98. The molecule has 1 aliphatic rings. The Morgan fingerprint density at radius 2 is 1.58 bits per heavy atom. The second-order valence-corrected chi connectivity index (χ2v) is 9.16. The highest BCUT2D eigenvalue weighted by Gasteiger charge is 2.32. The molecule has 0 bridgehead atoms. The van der Waals surface area contributed by atoms with Gasteiger partial charge < -0.3 is 20.5 Å². The van der Waals surface area contributed by atoms with Crippen molar-refractivity contribution >= 4 is 18.0 Å². The maximum Gasteiger partial charge on any atom is 0.408 e. The van der Waals surface area contributed by atoms with Crippen LogP contribution in [0.4, 0.5) is 4.79 Å². The number of aliphatic carboxylic acids is 1. The molecular weight excluding hydrogens is 420 g/mol. The predicted octanol–water partition coefficient (Wildman–Crippen LogP) is 4.31. The van der Waals surface area contributed by atoms with Crippen LogP contribution in [0, 0.1) is 5.92 Å². The monoisotopic (exact) mass is 452 g/mol. The van der Waals surface area contributed by atoms with E-state index in [9.17, 15) is 14.4 Å². The number of fused-ring (bicyclic) bond motifs is 3. The van der Waals surface area contributed by atoms with E-state index in [4.69, 9.17) is 9.84 Å². The van der Waals surface area contributed by atoms with E-state index in [0.29, 0.717) is 19.4 Å². The number of ether oxygens (including phenoxy) is 1. The number of carboxylic acids is 1. The number of amides is 2. The van der Waals surface area contributed by atoms with Crippen LogP contribution in [0.3, 0.4) is 0 Å². The van der Waals surface area contributed by atoms with E-state index in [1.165, 1.54) is 0 Å². The van der Waals surface area contributed by atoms with Crippen LogP contribution in [-0.4, -0.2) is 41.8 Å². The van der Waals surface area contributed by atoms with Gasteiger partial charge >= 0.3 is 12.1 Å². The molecule has 1 atom stereocenters. The molecule has 0 aromatic heterocycles. The zero-order valence-corrected chi connectivity index (χ0v) is 19.4. The number of carbonyl (C=O) groups excluding carboxylic acids is 2. The third-order valence-corrected chi connectivity index (χ3v) is 6.10. The Morgan fingerprint density at radius 3 is 2.15 bits per heavy atom. The highest BCUT2D eigenvalue weighted by Crippen LogP contribution is 2.44. The number of hydrogen-bond acceptors (Lipinski definition) is 4. The van der Waals surface area contributed by atoms with Crippen molar-refractivity contribution in [2.75, 3.05) is 13.2 Å². The number of carbonyl (C=O) groups is 3. The molecule has 0 fully saturated rings. The maximum atomic E-state index is 12.6. The Kier molecular flexibility index (Phi) is 7.74. The summed E-state index contributed by atoms with van der Waals surface area (Å²) >= 11 is 0. The Balaban J connectivity index is 1.50. The minimum absolute atomic E-state index is 0.0487. The SMILES string of the molecule is CC(CCNC(=O)C(C)(C)NC(=O)OCC1c2ccccc2-c2ccccc21)CCC(=O)O. The molecule has 3 rings (SSSR count). The number of hydrogen-bond donors (Lipinski definition) is 3. The first-order chi connectivity index (χ1) is 15.7. The van der Waals surface area contributed by atoms with Crippen molar-refractivity contribution in [2.24, 2.45) is 5.92 Å². The second-order valence-electron chi connectivity index (χ2n) is 9.16. The minimum Gasteiger partial charge on any atom is -0.481 e. The Bertz CT molecular complexity index is 972. The smallest absolute Gasteiger partial charge is 0.408 e. The summed E-state index contributed by atoms with van der Waals surface area (Å²) in [5.74, 6) is -1.01. The van der Waals surface area contributed by atoms with Gasteiger partial charge in [0.2, 0.25) is 5.91 Å². The van der Waals surface area contributed by atoms with Crippen LogP contribution in [0.15, 0.2) is 48.5 Å². The summed E-state index contributed by atoms with van der Waals surface area (Å²) in [6.45, 7) is 5.79. The normalized spacial score (nSPS) is 13.5. The molecule has 3 N–H and O–H groups in total. The van der Waals surface area contributed by atoms with Gasteiger partial charge in [-0.1, -0.05) is 55.5 Å². The fraction of sp³-hybridized carbons (Fsp3) is 0.423. The summed E-state index contributed by atoms with van der Waals surface area (Å²) in [5.41, 5.74) is 3.41. The van der Waals surface area contributed by atoms with Gasteiger partial charge in [-0.3, -0.25) is 9.59 Å². The number of alkyl carbamates (subject to hydrolysis) is 1. The zero-order chi connectivity index (χ0) is 24.0. The number of carboxylic acid groups (broad SMARTS) is 1. The molecule has 7 heteroatoms. The largest absolute Gasteiger partial charge is 0.481 e. The van der Waals surface area contributed by atoms with Crippen molar-refractivity contribution in [1.82, 2.24) is 10.6 Å². The lowest BCUT2D eigenvalue weighted by molar-refractivity contribution is -0.137. The molecule has 0 saturated heterocycles. The van der Waals surface area contributed by atoms with Crippen LogP contribution in [0.1, 0.15) is 57.1 Å². The summed E-state index contributed by atoms with van der Waals surface area (Å²) in [7, 11) is 0. The molecule has 7 nitrogen and oxygen atoms in total. The summed E-state index contributed by atoms with van der Waals surface area (Å²) in [5, 5.41) is 14.2. The first-order valence-corrected chi connectivity index (χ1v) is 11.3. The summed E-state index contributed by atoms with van der Waals surface area (Å²) < 4.78 is 5.54. The van der Waals surface area contributed by atoms with Crippen molar-refractivity contribution in [2.45, 2.75) is 51.5 Å². The van der Waals surface area contributed by atoms with Crippen LogP contribution in [-0.2, 0) is 14.3 Å². The van der Waals surface area contributed by atoms with Crippen LogP contribution in [0.5, 0.6) is 0 Å². The van der Waals surface area contributed by atoms with Gasteiger partial charge in [0.05, 0.1) is 0 Å². The van der Waals surface area contributed by atoms with Gasteiger partial charge in [-0.05, 0) is 54.9 Å². The molecule has 0 spiro atoms. The molecule has 1 unspecified atom stereocenters. The molecule has 0 aliphatic heterocycles. The fourth-order valence-corrected chi connectivity index (χ4v) is 4.11. The van der Waals surface area contributed by atoms with Crippen LogP contribution < -0.4 is 10.6 Å². The van der Waals surface area contributed by atoms with Crippen molar-refractivity contribution in [3.63, 3.8) is 0 Å². The van der Waals surface area contributed by atoms with Crippen molar-refractivity contribution in [3.8, 4) is 11.1 Å². The van der Waals surface area contributed by atoms with E-state index in [1.54, 1.807) is 13.8 Å². The Morgan fingerprint density at radius 1 is 1.00 bits per heavy atom. The van der Waals surface area contributed by atoms with Crippen LogP contribution in [0.25, 0.3) is 11.1 Å². The molecule has 1 aliphatic carbocycles. The molecule has 176 valence electrons. The van der Waals surface area contributed by atoms with Crippen molar-refractivity contribution in [1.29, 1.82) is 0 Å². The predicted molar refractivity (Wildman–Crippen MR) is 126 cm³/mol. The fourth-order valence-electron chi connectivity index (χ4n) is 4.11. The molecule has 0 heterocycles. The van der Waals surface area contributed by atoms with E-state index < -0.39 is 17.6 Å². The molecule has 2 amide bonds. The highest BCUT2D eigenvalue weighted by atomic mass is 16.5. The van der Waals surface area contributed by atoms with Gasteiger partial charge in [-0.15, -0.1) is 0 Å². The topological polar surface area (TPSA) is 105 Å². The first-order valence-electron chi connectivity index (χ1n) is 11.3. The molecule has 2 aromatic carbocycles. The summed E-state index contributed by atoms with van der Waals surface area (Å²) in [6.07, 6.45) is 0.697. The van der Waals surface area contributed by atoms with Gasteiger partial charge in [0.15, 0.2) is 0 Å². The Labute approximate surface area is 194 Å². The van der Waals surface area contributed by atoms with Crippen LogP contribution >= 0.6 is 0 Å². The van der Waals surface area contributed by atoms with Gasteiger partial charge in [0, 0.05) is 18.9 Å². The molecule has 33 heavy (non-hydrogen) atoms. The van der Waals surface area contributed by atoms with Gasteiger partial charge in [-0.25, -0.2) is 4.79 Å². The minimum atomic E-state index is -1.15. The highest BCUT2D eigenvalue weighted by molar-refractivity contribution is 5.89. The summed E-state index contributed by atoms with van der Waals surface area (Å²) in [4.78, 5) is 35.7. The standard InChI is InChI=1S/C26H32N2O5/c1-17(12-13-23(29)30)14-15-27-24(31)26(2,3)28-25(32)33-16-22-20-10-6-4-8-18(20)19-9-5-7-11-21(19)22/h4-11,17,22H,12-16H2,1-3H3,(H,27,31)(H,28,32)(H,29,30). The number of benzene rings is 2. The van der Waals surface area contributed by atoms with E-state index in [2.05, 4.69) is 34.9 Å². The van der Waals surface area contributed by atoms with Crippen molar-refractivity contribution < 1.29 is 24.2 Å². The van der Waals surface area contributed by atoms with Gasteiger partial charge in [0.25, 0.3) is 0 Å². The quantitative estimate of drug-likeness (QED) is 0.498. The molecular formula is C26H32N2O5. The summed E-state index contributed by atoms with van der Waals surface area (Å²) in [6, 6.07) is 16.2. The molecule has 0 saturated carbocycles. The first kappa shape index (κ1) is 24.3. The molecule has 0 radical (unpaired) electrons. The van der Waals surface area contributed by atoms with Gasteiger partial charge in [-0.2, -0.15) is 0 Å². The number of nitrogens with one attached hydrogen (secondary N) is 2. The average Bonchev–Trinajstić information content (AvgIpc) is 3.09. The van der Waals surface area contributed by atoms with Crippen molar-refractivity contribution in [3.05, 3.63) is 59.7 Å². The lowest BCUT2D eigenvalue weighted by Crippen LogP contribution is -2.55. The maximum absolute atomic E-state index is 12.6. The second kappa shape index (κ2) is 10.5. The van der Waals surface area contributed by atoms with E-state index in [-0.39, 0.29) is 30.8 Å². The lowest BCUT2D eigenvalue weighted by Gasteiger charge is -2.25. The van der Waals surface area contributed by atoms with E-state index >= 15 is 0 Å². The van der Waals surface area contributed by atoms with E-state index in [1.807, 2.05) is 31.2 Å². The Hall–Kier alpha value is -3.35. The van der Waals surface area contributed by atoms with Crippen LogP contribution in [0.2, 0.25) is 0 Å². The average molecular weight is 453 g/mol. The van der Waals surface area contributed by atoms with E-state index in [0.717, 1.165) is 22.3 Å².